The molecule has 0 heterocycles. The second kappa shape index (κ2) is 6.16. The smallest absolute Gasteiger partial charge is 0.312 e. The van der Waals surface area contributed by atoms with Crippen molar-refractivity contribution in [1.29, 1.82) is 0 Å². The Bertz CT molecular complexity index is 559. The summed E-state index contributed by atoms with van der Waals surface area (Å²) >= 11 is 0. The first-order chi connectivity index (χ1) is 10.4. The third kappa shape index (κ3) is 2.43. The fraction of sp³-hybridized carbons (Fsp3) is 0.550. The van der Waals surface area contributed by atoms with Crippen LogP contribution in [0.1, 0.15) is 40.0 Å². The van der Waals surface area contributed by atoms with Crippen molar-refractivity contribution in [1.82, 2.24) is 0 Å². The third-order valence-corrected chi connectivity index (χ3v) is 5.55. The van der Waals surface area contributed by atoms with Crippen LogP contribution in [0.15, 0.2) is 36.5 Å². The van der Waals surface area contributed by atoms with E-state index in [0.29, 0.717) is 5.92 Å². The molecule has 4 unspecified atom stereocenters. The van der Waals surface area contributed by atoms with E-state index in [9.17, 15) is 9.90 Å². The van der Waals surface area contributed by atoms with E-state index in [1.54, 1.807) is 0 Å². The highest BCUT2D eigenvalue weighted by atomic mass is 16.4. The van der Waals surface area contributed by atoms with Gasteiger partial charge in [-0.25, -0.2) is 0 Å². The number of hydrogen-bond acceptors (Lipinski definition) is 1. The lowest BCUT2D eigenvalue weighted by Crippen LogP contribution is -2.29. The van der Waals surface area contributed by atoms with Crippen LogP contribution in [0.25, 0.3) is 0 Å². The molecule has 1 saturated carbocycles. The molecule has 0 aromatic heterocycles. The lowest BCUT2D eigenvalue weighted by atomic mass is 9.81. The van der Waals surface area contributed by atoms with Gasteiger partial charge in [0.05, 0.1) is 11.3 Å². The first-order valence-electron chi connectivity index (χ1n) is 8.08. The highest BCUT2D eigenvalue weighted by Gasteiger charge is 2.77. The van der Waals surface area contributed by atoms with Crippen LogP contribution in [0.4, 0.5) is 0 Å². The molecule has 2 aliphatic carbocycles. The summed E-state index contributed by atoms with van der Waals surface area (Å²) in [5.74, 6) is 2.07. The second-order valence-electron chi connectivity index (χ2n) is 6.97. The zero-order valence-electron chi connectivity index (χ0n) is 13.8. The van der Waals surface area contributed by atoms with Crippen molar-refractivity contribution >= 4 is 5.97 Å². The zero-order chi connectivity index (χ0) is 16.4. The molecule has 4 atom stereocenters. The van der Waals surface area contributed by atoms with E-state index in [-0.39, 0.29) is 17.3 Å². The molecule has 0 saturated heterocycles. The Hall–Kier alpha value is -1.75. The molecule has 118 valence electrons. The van der Waals surface area contributed by atoms with E-state index in [2.05, 4.69) is 24.1 Å². The Balaban J connectivity index is 2.27. The molecule has 0 aromatic rings. The first kappa shape index (κ1) is 16.6. The maximum absolute atomic E-state index is 12.1. The summed E-state index contributed by atoms with van der Waals surface area (Å²) in [6.45, 7) is 5.94. The topological polar surface area (TPSA) is 37.3 Å². The molecule has 0 aromatic carbocycles. The van der Waals surface area contributed by atoms with E-state index in [0.717, 1.165) is 19.3 Å². The van der Waals surface area contributed by atoms with Crippen LogP contribution in [0.3, 0.4) is 0 Å². The predicted molar refractivity (Wildman–Crippen MR) is 90.1 cm³/mol. The van der Waals surface area contributed by atoms with Crippen LogP contribution < -0.4 is 0 Å². The molecule has 2 nitrogen and oxygen atoms in total. The molecule has 2 aliphatic rings. The maximum atomic E-state index is 12.1. The van der Waals surface area contributed by atoms with Gasteiger partial charge in [-0.05, 0) is 37.5 Å². The van der Waals surface area contributed by atoms with Crippen molar-refractivity contribution < 1.29 is 9.90 Å². The molecule has 2 heteroatoms. The highest BCUT2D eigenvalue weighted by Crippen LogP contribution is 2.73. The van der Waals surface area contributed by atoms with Gasteiger partial charge in [0, 0.05) is 5.92 Å². The minimum Gasteiger partial charge on any atom is -0.481 e. The van der Waals surface area contributed by atoms with E-state index < -0.39 is 11.4 Å². The molecule has 1 N–H and O–H groups in total. The van der Waals surface area contributed by atoms with Crippen LogP contribution in [0, 0.1) is 40.9 Å². The lowest BCUT2D eigenvalue weighted by molar-refractivity contribution is -0.146. The molecule has 0 amide bonds. The number of rotatable bonds is 5. The van der Waals surface area contributed by atoms with Crippen molar-refractivity contribution in [2.24, 2.45) is 28.6 Å². The number of hydrogen-bond donors (Lipinski definition) is 1. The molecule has 0 bridgehead atoms. The largest absolute Gasteiger partial charge is 0.481 e. The van der Waals surface area contributed by atoms with Crippen LogP contribution in [0.5, 0.6) is 0 Å². The van der Waals surface area contributed by atoms with Crippen LogP contribution in [-0.4, -0.2) is 11.1 Å². The number of allylic oxidation sites excluding steroid dienone is 6. The van der Waals surface area contributed by atoms with Gasteiger partial charge < -0.3 is 5.11 Å². The fourth-order valence-electron chi connectivity index (χ4n) is 4.16. The Labute approximate surface area is 134 Å². The van der Waals surface area contributed by atoms with Gasteiger partial charge in [0.1, 0.15) is 0 Å². The minimum atomic E-state index is -0.880. The van der Waals surface area contributed by atoms with Gasteiger partial charge in [-0.1, -0.05) is 56.2 Å². The standard InChI is InChI=1S/C20H26O2/c1-5-10-17-19(3,4)20(17,18(21)22)16(6-2)14-13-15-11-8-7-9-12-15/h2,5,7-8,10,13-17H,9,11-12H2,1,3-4H3,(H,21,22). The molecular formula is C20H26O2. The first-order valence-corrected chi connectivity index (χ1v) is 8.08. The van der Waals surface area contributed by atoms with Gasteiger partial charge in [-0.3, -0.25) is 4.79 Å². The van der Waals surface area contributed by atoms with Gasteiger partial charge in [-0.2, -0.15) is 0 Å². The van der Waals surface area contributed by atoms with Crippen molar-refractivity contribution in [3.63, 3.8) is 0 Å². The fourth-order valence-corrected chi connectivity index (χ4v) is 4.16. The Morgan fingerprint density at radius 3 is 2.64 bits per heavy atom. The van der Waals surface area contributed by atoms with E-state index in [1.165, 1.54) is 0 Å². The third-order valence-electron chi connectivity index (χ3n) is 5.55. The average Bonchev–Trinajstić information content (AvgIpc) is 2.98. The van der Waals surface area contributed by atoms with Gasteiger partial charge in [-0.15, -0.1) is 6.42 Å². The van der Waals surface area contributed by atoms with Gasteiger partial charge in [0.2, 0.25) is 0 Å². The Morgan fingerprint density at radius 2 is 2.14 bits per heavy atom. The summed E-state index contributed by atoms with van der Waals surface area (Å²) in [5.41, 5.74) is -1.20. The quantitative estimate of drug-likeness (QED) is 0.601. The highest BCUT2D eigenvalue weighted by molar-refractivity contribution is 5.83. The van der Waals surface area contributed by atoms with Crippen molar-refractivity contribution in [3.05, 3.63) is 36.5 Å². The molecule has 22 heavy (non-hydrogen) atoms. The molecule has 1 fully saturated rings. The summed E-state index contributed by atoms with van der Waals surface area (Å²) in [7, 11) is 0. The summed E-state index contributed by atoms with van der Waals surface area (Å²) < 4.78 is 0. The summed E-state index contributed by atoms with van der Waals surface area (Å²) in [5, 5.41) is 9.90. The van der Waals surface area contributed by atoms with E-state index in [1.807, 2.05) is 39.0 Å². The maximum Gasteiger partial charge on any atom is 0.312 e. The predicted octanol–water partition coefficient (Wildman–Crippen LogP) is 4.45. The Morgan fingerprint density at radius 1 is 1.41 bits per heavy atom. The summed E-state index contributed by atoms with van der Waals surface area (Å²) in [6, 6.07) is 0. The van der Waals surface area contributed by atoms with Crippen LogP contribution >= 0.6 is 0 Å². The van der Waals surface area contributed by atoms with Gasteiger partial charge >= 0.3 is 5.97 Å². The van der Waals surface area contributed by atoms with Crippen molar-refractivity contribution in [3.8, 4) is 12.3 Å². The number of aliphatic carboxylic acids is 1. The molecule has 0 spiro atoms. The van der Waals surface area contributed by atoms with E-state index in [4.69, 9.17) is 6.42 Å². The van der Waals surface area contributed by atoms with Crippen molar-refractivity contribution in [2.75, 3.05) is 0 Å². The van der Waals surface area contributed by atoms with Crippen molar-refractivity contribution in [2.45, 2.75) is 40.0 Å². The monoisotopic (exact) mass is 298 g/mol. The van der Waals surface area contributed by atoms with Crippen LogP contribution in [0.2, 0.25) is 0 Å². The lowest BCUT2D eigenvalue weighted by Gasteiger charge is -2.21. The van der Waals surface area contributed by atoms with Gasteiger partial charge in [0.25, 0.3) is 0 Å². The second-order valence-corrected chi connectivity index (χ2v) is 6.97. The number of terminal acetylenes is 1. The molecule has 0 radical (unpaired) electrons. The SMILES string of the molecule is C#CC(C=CC1CC=CCC1)C1(C(=O)O)C(C=CC)C1(C)C. The summed E-state index contributed by atoms with van der Waals surface area (Å²) in [6.07, 6.45) is 21.4. The normalized spacial score (nSPS) is 34.6. The Kier molecular flexibility index (Phi) is 4.66. The molecule has 2 rings (SSSR count). The van der Waals surface area contributed by atoms with Gasteiger partial charge in [0.15, 0.2) is 0 Å². The number of carbonyl (C=O) groups is 1. The number of carboxylic acids is 1. The zero-order valence-corrected chi connectivity index (χ0v) is 13.8. The molecule has 0 aliphatic heterocycles. The average molecular weight is 298 g/mol. The van der Waals surface area contributed by atoms with E-state index >= 15 is 0 Å². The minimum absolute atomic E-state index is 0.0144. The van der Waals surface area contributed by atoms with Crippen LogP contribution in [-0.2, 0) is 4.79 Å². The summed E-state index contributed by atoms with van der Waals surface area (Å²) in [4.78, 5) is 12.1. The molecular weight excluding hydrogens is 272 g/mol. The number of carboxylic acid groups (broad SMARTS) is 1.